The van der Waals surface area contributed by atoms with Crippen LogP contribution in [0.1, 0.15) is 36.7 Å². The molecule has 0 aromatic carbocycles. The van der Waals surface area contributed by atoms with Crippen molar-refractivity contribution in [2.45, 2.75) is 27.3 Å². The van der Waals surface area contributed by atoms with Gasteiger partial charge in [-0.15, -0.1) is 0 Å². The van der Waals surface area contributed by atoms with Crippen molar-refractivity contribution in [3.05, 3.63) is 33.6 Å². The van der Waals surface area contributed by atoms with Crippen LogP contribution < -0.4 is 10.2 Å². The van der Waals surface area contributed by atoms with E-state index in [1.165, 1.54) is 12.3 Å². The lowest BCUT2D eigenvalue weighted by molar-refractivity contribution is 0.0524. The molecule has 7 heteroatoms. The Labute approximate surface area is 133 Å². The first kappa shape index (κ1) is 16.5. The molecule has 0 aliphatic carbocycles. The van der Waals surface area contributed by atoms with Gasteiger partial charge in [0.1, 0.15) is 22.8 Å². The monoisotopic (exact) mass is 315 g/mol. The molecule has 120 valence electrons. The third kappa shape index (κ3) is 3.01. The smallest absolute Gasteiger partial charge is 0.343 e. The number of carbonyl (C=O) groups is 1. The van der Waals surface area contributed by atoms with Crippen molar-refractivity contribution in [1.29, 1.82) is 5.26 Å². The second-order valence-electron chi connectivity index (χ2n) is 4.64. The Morgan fingerprint density at radius 2 is 2.09 bits per heavy atom. The molecule has 2 heterocycles. The third-order valence-electron chi connectivity index (χ3n) is 3.25. The van der Waals surface area contributed by atoms with E-state index in [0.29, 0.717) is 18.8 Å². The van der Waals surface area contributed by atoms with E-state index in [-0.39, 0.29) is 29.0 Å². The van der Waals surface area contributed by atoms with Crippen molar-refractivity contribution < 1.29 is 14.3 Å². The number of aromatic nitrogens is 2. The van der Waals surface area contributed by atoms with Gasteiger partial charge in [-0.05, 0) is 26.8 Å². The predicted molar refractivity (Wildman–Crippen MR) is 83.5 cm³/mol. The van der Waals surface area contributed by atoms with Crippen LogP contribution >= 0.6 is 0 Å². The summed E-state index contributed by atoms with van der Waals surface area (Å²) in [5, 5.41) is 9.41. The molecular formula is C16H17N3O4. The molecule has 0 amide bonds. The minimum Gasteiger partial charge on any atom is -0.477 e. The van der Waals surface area contributed by atoms with Crippen LogP contribution in [0.3, 0.4) is 0 Å². The number of esters is 1. The zero-order chi connectivity index (χ0) is 17.0. The topological polar surface area (TPSA) is 94.2 Å². The molecule has 0 radical (unpaired) electrons. The number of ether oxygens (including phenoxy) is 2. The summed E-state index contributed by atoms with van der Waals surface area (Å²) < 4.78 is 11.9. The molecule has 7 nitrogen and oxygen atoms in total. The summed E-state index contributed by atoms with van der Waals surface area (Å²) in [7, 11) is 0. The molecule has 0 N–H and O–H groups in total. The number of hydrogen-bond donors (Lipinski definition) is 0. The van der Waals surface area contributed by atoms with Crippen molar-refractivity contribution in [2.75, 3.05) is 13.2 Å². The molecule has 0 spiro atoms. The molecule has 0 unspecified atom stereocenters. The van der Waals surface area contributed by atoms with Crippen LogP contribution in [0.4, 0.5) is 0 Å². The number of hydrogen-bond acceptors (Lipinski definition) is 6. The number of rotatable bonds is 5. The van der Waals surface area contributed by atoms with Gasteiger partial charge in [0.15, 0.2) is 0 Å². The number of pyridine rings is 2. The Morgan fingerprint density at radius 3 is 2.65 bits per heavy atom. The van der Waals surface area contributed by atoms with Crippen molar-refractivity contribution in [2.24, 2.45) is 0 Å². The van der Waals surface area contributed by atoms with Crippen LogP contribution in [0.25, 0.3) is 11.0 Å². The lowest BCUT2D eigenvalue weighted by Crippen LogP contribution is -2.21. The SMILES string of the molecule is CCOC(=O)c1cn(CC)c2nc(OCC)c(C#N)cc2c1=O. The van der Waals surface area contributed by atoms with Gasteiger partial charge in [0.2, 0.25) is 11.3 Å². The van der Waals surface area contributed by atoms with E-state index < -0.39 is 11.4 Å². The molecule has 2 aromatic heterocycles. The van der Waals surface area contributed by atoms with Gasteiger partial charge in [-0.3, -0.25) is 4.79 Å². The van der Waals surface area contributed by atoms with E-state index in [9.17, 15) is 14.9 Å². The summed E-state index contributed by atoms with van der Waals surface area (Å²) >= 11 is 0. The molecule has 0 aliphatic rings. The molecule has 0 aliphatic heterocycles. The van der Waals surface area contributed by atoms with Gasteiger partial charge in [-0.1, -0.05) is 0 Å². The van der Waals surface area contributed by atoms with Gasteiger partial charge < -0.3 is 14.0 Å². The lowest BCUT2D eigenvalue weighted by Gasteiger charge is -2.12. The Morgan fingerprint density at radius 1 is 1.35 bits per heavy atom. The molecule has 0 atom stereocenters. The van der Waals surface area contributed by atoms with Crippen molar-refractivity contribution in [1.82, 2.24) is 9.55 Å². The summed E-state index contributed by atoms with van der Waals surface area (Å²) in [6, 6.07) is 3.37. The maximum atomic E-state index is 12.5. The van der Waals surface area contributed by atoms with E-state index in [1.807, 2.05) is 13.0 Å². The number of fused-ring (bicyclic) bond motifs is 1. The van der Waals surface area contributed by atoms with Crippen LogP contribution in [0.5, 0.6) is 5.88 Å². The van der Waals surface area contributed by atoms with E-state index in [1.54, 1.807) is 18.4 Å². The fourth-order valence-electron chi connectivity index (χ4n) is 2.22. The molecule has 0 bridgehead atoms. The molecule has 2 rings (SSSR count). The van der Waals surface area contributed by atoms with Crippen molar-refractivity contribution >= 4 is 17.0 Å². The van der Waals surface area contributed by atoms with Crippen LogP contribution in [0.2, 0.25) is 0 Å². The number of nitriles is 1. The maximum Gasteiger partial charge on any atom is 0.343 e. The number of aryl methyl sites for hydroxylation is 1. The lowest BCUT2D eigenvalue weighted by atomic mass is 10.1. The second-order valence-corrected chi connectivity index (χ2v) is 4.64. The van der Waals surface area contributed by atoms with Crippen LogP contribution in [0, 0.1) is 11.3 Å². The standard InChI is InChI=1S/C16H17N3O4/c1-4-19-9-12(16(21)23-6-3)13(20)11-7-10(8-17)15(22-5-2)18-14(11)19/h7,9H,4-6H2,1-3H3. The molecule has 0 fully saturated rings. The van der Waals surface area contributed by atoms with E-state index in [4.69, 9.17) is 9.47 Å². The Balaban J connectivity index is 2.81. The molecule has 2 aromatic rings. The number of nitrogens with zero attached hydrogens (tertiary/aromatic N) is 3. The van der Waals surface area contributed by atoms with Gasteiger partial charge in [-0.2, -0.15) is 10.2 Å². The van der Waals surface area contributed by atoms with Gasteiger partial charge in [-0.25, -0.2) is 4.79 Å². The van der Waals surface area contributed by atoms with E-state index in [2.05, 4.69) is 4.98 Å². The number of carbonyl (C=O) groups excluding carboxylic acids is 1. The van der Waals surface area contributed by atoms with E-state index in [0.717, 1.165) is 0 Å². The average Bonchev–Trinajstić information content (AvgIpc) is 2.55. The van der Waals surface area contributed by atoms with Crippen LogP contribution in [-0.2, 0) is 11.3 Å². The first-order valence-corrected chi connectivity index (χ1v) is 7.35. The van der Waals surface area contributed by atoms with Crippen molar-refractivity contribution in [3.8, 4) is 11.9 Å². The van der Waals surface area contributed by atoms with Gasteiger partial charge >= 0.3 is 5.97 Å². The Bertz CT molecular complexity index is 849. The summed E-state index contributed by atoms with van der Waals surface area (Å²) in [5.74, 6) is -0.512. The maximum absolute atomic E-state index is 12.5. The highest BCUT2D eigenvalue weighted by Crippen LogP contribution is 2.20. The van der Waals surface area contributed by atoms with Crippen LogP contribution in [0.15, 0.2) is 17.1 Å². The summed E-state index contributed by atoms with van der Waals surface area (Å²) in [5.41, 5.74) is -0.0561. The normalized spacial score (nSPS) is 10.3. The van der Waals surface area contributed by atoms with Gasteiger partial charge in [0.25, 0.3) is 0 Å². The van der Waals surface area contributed by atoms with E-state index >= 15 is 0 Å². The fourth-order valence-corrected chi connectivity index (χ4v) is 2.22. The predicted octanol–water partition coefficient (Wildman–Crippen LogP) is 1.86. The van der Waals surface area contributed by atoms with Crippen LogP contribution in [-0.4, -0.2) is 28.7 Å². The highest BCUT2D eigenvalue weighted by Gasteiger charge is 2.19. The highest BCUT2D eigenvalue weighted by molar-refractivity contribution is 5.93. The minimum atomic E-state index is -0.686. The first-order valence-electron chi connectivity index (χ1n) is 7.35. The quantitative estimate of drug-likeness (QED) is 0.782. The summed E-state index contributed by atoms with van der Waals surface area (Å²) in [4.78, 5) is 28.8. The summed E-state index contributed by atoms with van der Waals surface area (Å²) in [6.45, 7) is 6.33. The average molecular weight is 315 g/mol. The Hall–Kier alpha value is -2.88. The highest BCUT2D eigenvalue weighted by atomic mass is 16.5. The minimum absolute atomic E-state index is 0.0731. The van der Waals surface area contributed by atoms with Gasteiger partial charge in [0, 0.05) is 12.7 Å². The molecule has 23 heavy (non-hydrogen) atoms. The Kier molecular flexibility index (Phi) is 4.96. The van der Waals surface area contributed by atoms with Crippen molar-refractivity contribution in [3.63, 3.8) is 0 Å². The molecule has 0 saturated carbocycles. The first-order chi connectivity index (χ1) is 11.1. The third-order valence-corrected chi connectivity index (χ3v) is 3.25. The molecular weight excluding hydrogens is 298 g/mol. The second kappa shape index (κ2) is 6.92. The fraction of sp³-hybridized carbons (Fsp3) is 0.375. The summed E-state index contributed by atoms with van der Waals surface area (Å²) in [6.07, 6.45) is 1.43. The molecule has 0 saturated heterocycles. The zero-order valence-electron chi connectivity index (χ0n) is 13.3. The largest absolute Gasteiger partial charge is 0.477 e. The van der Waals surface area contributed by atoms with Gasteiger partial charge in [0.05, 0.1) is 18.6 Å². The zero-order valence-corrected chi connectivity index (χ0v) is 13.3.